The molecule has 0 spiro atoms. The van der Waals surface area contributed by atoms with Crippen molar-refractivity contribution in [1.29, 1.82) is 0 Å². The van der Waals surface area contributed by atoms with Crippen molar-refractivity contribution in [3.8, 4) is 0 Å². The zero-order chi connectivity index (χ0) is 21.6. The van der Waals surface area contributed by atoms with Gasteiger partial charge in [-0.05, 0) is 31.0 Å². The Bertz CT molecular complexity index is 1030. The summed E-state index contributed by atoms with van der Waals surface area (Å²) in [4.78, 5) is 22.6. The largest absolute Gasteiger partial charge is 0.271 e. The Morgan fingerprint density at radius 3 is 2.41 bits per heavy atom. The van der Waals surface area contributed by atoms with E-state index < -0.39 is 27.4 Å². The Morgan fingerprint density at radius 2 is 1.86 bits per heavy atom. The van der Waals surface area contributed by atoms with E-state index in [-0.39, 0.29) is 5.69 Å². The molecule has 0 bridgehead atoms. The number of carbonyl (C=O) groups excluding carboxylic acids is 1. The van der Waals surface area contributed by atoms with Crippen molar-refractivity contribution in [1.82, 2.24) is 5.43 Å². The van der Waals surface area contributed by atoms with Gasteiger partial charge in [-0.2, -0.15) is 5.10 Å². The molecular weight excluding hydrogens is 396 g/mol. The van der Waals surface area contributed by atoms with E-state index in [0.717, 1.165) is 22.5 Å². The van der Waals surface area contributed by atoms with Crippen molar-refractivity contribution in [2.75, 3.05) is 17.1 Å². The summed E-state index contributed by atoms with van der Waals surface area (Å²) in [5, 5.41) is 14.8. The molecule has 0 atom stereocenters. The lowest BCUT2D eigenvalue weighted by atomic mass is 10.1. The summed E-state index contributed by atoms with van der Waals surface area (Å²) in [6.45, 7) is 3.12. The van der Waals surface area contributed by atoms with Crippen LogP contribution in [0.1, 0.15) is 25.0 Å². The van der Waals surface area contributed by atoms with Gasteiger partial charge in [-0.25, -0.2) is 13.8 Å². The SMILES string of the molecule is CCc1ccc(N(CC(=O)N/N=C(/C)c2cccc([N+](=O)[O-])c2)S(C)(=O)=O)cc1. The van der Waals surface area contributed by atoms with Crippen LogP contribution in [0.15, 0.2) is 53.6 Å². The number of nitro groups is 1. The zero-order valence-corrected chi connectivity index (χ0v) is 17.1. The number of hydrogen-bond donors (Lipinski definition) is 1. The number of nitro benzene ring substituents is 1. The average Bonchev–Trinajstić information content (AvgIpc) is 2.69. The normalized spacial score (nSPS) is 11.8. The highest BCUT2D eigenvalue weighted by molar-refractivity contribution is 7.92. The molecule has 9 nitrogen and oxygen atoms in total. The molecule has 0 saturated heterocycles. The minimum absolute atomic E-state index is 0.0952. The molecule has 0 aliphatic rings. The van der Waals surface area contributed by atoms with Crippen LogP contribution in [0.25, 0.3) is 0 Å². The fraction of sp³-hybridized carbons (Fsp3) is 0.263. The van der Waals surface area contributed by atoms with Crippen LogP contribution in [-0.4, -0.2) is 37.8 Å². The van der Waals surface area contributed by atoms with Crippen molar-refractivity contribution >= 4 is 33.0 Å². The summed E-state index contributed by atoms with van der Waals surface area (Å²) in [7, 11) is -3.69. The predicted octanol–water partition coefficient (Wildman–Crippen LogP) is 2.46. The fourth-order valence-electron chi connectivity index (χ4n) is 2.52. The highest BCUT2D eigenvalue weighted by Crippen LogP contribution is 2.18. The van der Waals surface area contributed by atoms with Gasteiger partial charge in [0, 0.05) is 17.7 Å². The van der Waals surface area contributed by atoms with Gasteiger partial charge in [0.15, 0.2) is 0 Å². The van der Waals surface area contributed by atoms with E-state index in [1.165, 1.54) is 18.2 Å². The van der Waals surface area contributed by atoms with Gasteiger partial charge < -0.3 is 0 Å². The Morgan fingerprint density at radius 1 is 1.21 bits per heavy atom. The number of sulfonamides is 1. The van der Waals surface area contributed by atoms with Crippen LogP contribution in [0.5, 0.6) is 0 Å². The van der Waals surface area contributed by atoms with Gasteiger partial charge in [0.05, 0.1) is 22.6 Å². The Hall–Kier alpha value is -3.27. The van der Waals surface area contributed by atoms with Crippen LogP contribution in [0.2, 0.25) is 0 Å². The molecule has 0 aliphatic carbocycles. The molecule has 0 aliphatic heterocycles. The fourth-order valence-corrected chi connectivity index (χ4v) is 3.38. The molecular formula is C19H22N4O5S. The summed E-state index contributed by atoms with van der Waals surface area (Å²) in [5.74, 6) is -0.639. The van der Waals surface area contributed by atoms with E-state index in [0.29, 0.717) is 17.0 Å². The standard InChI is InChI=1S/C19H22N4O5S/c1-4-15-8-10-17(11-9-15)22(29(3,27)28)13-19(24)21-20-14(2)16-6-5-7-18(12-16)23(25)26/h5-12H,4,13H2,1-3H3,(H,21,24)/b20-14-. The van der Waals surface area contributed by atoms with Crippen molar-refractivity contribution in [2.24, 2.45) is 5.10 Å². The number of nitrogens with one attached hydrogen (secondary N) is 1. The van der Waals surface area contributed by atoms with Gasteiger partial charge >= 0.3 is 0 Å². The second-order valence-electron chi connectivity index (χ2n) is 6.33. The molecule has 154 valence electrons. The summed E-state index contributed by atoms with van der Waals surface area (Å²) in [5.41, 5.74) is 4.44. The summed E-state index contributed by atoms with van der Waals surface area (Å²) < 4.78 is 25.2. The lowest BCUT2D eigenvalue weighted by molar-refractivity contribution is -0.384. The van der Waals surface area contributed by atoms with E-state index in [9.17, 15) is 23.3 Å². The molecule has 0 fully saturated rings. The van der Waals surface area contributed by atoms with Crippen molar-refractivity contribution < 1.29 is 18.1 Å². The second kappa shape index (κ2) is 9.28. The molecule has 0 unspecified atom stereocenters. The maximum absolute atomic E-state index is 12.3. The third kappa shape index (κ3) is 6.11. The van der Waals surface area contributed by atoms with Crippen LogP contribution in [0.4, 0.5) is 11.4 Å². The predicted molar refractivity (Wildman–Crippen MR) is 111 cm³/mol. The van der Waals surface area contributed by atoms with Crippen molar-refractivity contribution in [3.63, 3.8) is 0 Å². The number of nitrogens with zero attached hydrogens (tertiary/aromatic N) is 3. The molecule has 0 saturated carbocycles. The summed E-state index contributed by atoms with van der Waals surface area (Å²) in [6.07, 6.45) is 1.83. The van der Waals surface area contributed by atoms with Crippen molar-refractivity contribution in [3.05, 3.63) is 69.8 Å². The first-order chi connectivity index (χ1) is 13.6. The number of anilines is 1. The number of rotatable bonds is 8. The van der Waals surface area contributed by atoms with Gasteiger partial charge in [0.2, 0.25) is 10.0 Å². The van der Waals surface area contributed by atoms with E-state index in [1.807, 2.05) is 6.92 Å². The third-order valence-corrected chi connectivity index (χ3v) is 5.28. The molecule has 29 heavy (non-hydrogen) atoms. The molecule has 0 heterocycles. The van der Waals surface area contributed by atoms with Crippen LogP contribution in [0, 0.1) is 10.1 Å². The Kier molecular flexibility index (Phi) is 7.05. The molecule has 1 N–H and O–H groups in total. The number of non-ortho nitro benzene ring substituents is 1. The molecule has 0 radical (unpaired) electrons. The first kappa shape index (κ1) is 22.0. The average molecular weight is 418 g/mol. The van der Waals surface area contributed by atoms with Gasteiger partial charge in [-0.3, -0.25) is 19.2 Å². The van der Waals surface area contributed by atoms with E-state index in [1.54, 1.807) is 37.3 Å². The lowest BCUT2D eigenvalue weighted by Gasteiger charge is -2.21. The van der Waals surface area contributed by atoms with Crippen molar-refractivity contribution in [2.45, 2.75) is 20.3 Å². The maximum Gasteiger partial charge on any atom is 0.270 e. The van der Waals surface area contributed by atoms with Gasteiger partial charge in [0.25, 0.3) is 11.6 Å². The number of carbonyl (C=O) groups is 1. The number of hydrogen-bond acceptors (Lipinski definition) is 6. The number of aryl methyl sites for hydroxylation is 1. The molecule has 2 aromatic carbocycles. The summed E-state index contributed by atoms with van der Waals surface area (Å²) >= 11 is 0. The monoisotopic (exact) mass is 418 g/mol. The molecule has 2 aromatic rings. The quantitative estimate of drug-likeness (QED) is 0.401. The van der Waals surface area contributed by atoms with Gasteiger partial charge in [0.1, 0.15) is 6.54 Å². The smallest absolute Gasteiger partial charge is 0.270 e. The third-order valence-electron chi connectivity index (χ3n) is 4.14. The molecule has 1 amide bonds. The highest BCUT2D eigenvalue weighted by atomic mass is 32.2. The highest BCUT2D eigenvalue weighted by Gasteiger charge is 2.20. The first-order valence-electron chi connectivity index (χ1n) is 8.76. The molecule has 10 heteroatoms. The van der Waals surface area contributed by atoms with Gasteiger partial charge in [-0.15, -0.1) is 0 Å². The minimum Gasteiger partial charge on any atom is -0.271 e. The molecule has 2 rings (SSSR count). The topological polar surface area (TPSA) is 122 Å². The van der Waals surface area contributed by atoms with E-state index >= 15 is 0 Å². The zero-order valence-electron chi connectivity index (χ0n) is 16.3. The number of amides is 1. The van der Waals surface area contributed by atoms with Crippen LogP contribution in [-0.2, 0) is 21.2 Å². The molecule has 0 aromatic heterocycles. The lowest BCUT2D eigenvalue weighted by Crippen LogP contribution is -2.39. The van der Waals surface area contributed by atoms with Crippen LogP contribution in [0.3, 0.4) is 0 Å². The van der Waals surface area contributed by atoms with E-state index in [4.69, 9.17) is 0 Å². The second-order valence-corrected chi connectivity index (χ2v) is 8.24. The van der Waals surface area contributed by atoms with E-state index in [2.05, 4.69) is 10.5 Å². The minimum atomic E-state index is -3.69. The van der Waals surface area contributed by atoms with Crippen LogP contribution >= 0.6 is 0 Å². The van der Waals surface area contributed by atoms with Gasteiger partial charge in [-0.1, -0.05) is 31.2 Å². The van der Waals surface area contributed by atoms with Crippen LogP contribution < -0.4 is 9.73 Å². The summed E-state index contributed by atoms with van der Waals surface area (Å²) in [6, 6.07) is 12.7. The Labute approximate surface area is 169 Å². The maximum atomic E-state index is 12.3. The number of benzene rings is 2. The first-order valence-corrected chi connectivity index (χ1v) is 10.6. The number of hydrazone groups is 1. The Balaban J connectivity index is 2.14.